The molecule has 1 saturated carbocycles. The zero-order valence-electron chi connectivity index (χ0n) is 11.4. The lowest BCUT2D eigenvalue weighted by atomic mass is 9.95. The normalized spacial score (nSPS) is 32.4. The molecular formula is C15H26N2O. The van der Waals surface area contributed by atoms with Crippen molar-refractivity contribution < 1.29 is 4.79 Å². The van der Waals surface area contributed by atoms with Gasteiger partial charge in [0.05, 0.1) is 6.04 Å². The third kappa shape index (κ3) is 2.77. The van der Waals surface area contributed by atoms with Gasteiger partial charge in [-0.1, -0.05) is 0 Å². The molecule has 0 aromatic rings. The lowest BCUT2D eigenvalue weighted by Crippen LogP contribution is -2.45. The Kier molecular flexibility index (Phi) is 4.00. The molecule has 0 aromatic carbocycles. The van der Waals surface area contributed by atoms with Crippen LogP contribution in [0.4, 0.5) is 0 Å². The highest BCUT2D eigenvalue weighted by Crippen LogP contribution is 2.26. The molecule has 0 aromatic heterocycles. The van der Waals surface area contributed by atoms with Gasteiger partial charge in [-0.15, -0.1) is 0 Å². The van der Waals surface area contributed by atoms with Crippen molar-refractivity contribution in [3.8, 4) is 0 Å². The molecule has 0 radical (unpaired) electrons. The Morgan fingerprint density at radius 2 is 1.67 bits per heavy atom. The maximum atomic E-state index is 11.8. The largest absolute Gasteiger partial charge is 0.303 e. The number of hydrogen-bond donors (Lipinski definition) is 0. The Morgan fingerprint density at radius 1 is 0.944 bits per heavy atom. The number of rotatable bonds is 3. The summed E-state index contributed by atoms with van der Waals surface area (Å²) in [4.78, 5) is 16.9. The molecule has 0 bridgehead atoms. The van der Waals surface area contributed by atoms with E-state index in [9.17, 15) is 4.79 Å². The molecule has 1 unspecified atom stereocenters. The third-order valence-corrected chi connectivity index (χ3v) is 5.08. The van der Waals surface area contributed by atoms with Gasteiger partial charge in [-0.3, -0.25) is 9.69 Å². The minimum Gasteiger partial charge on any atom is -0.303 e. The fourth-order valence-corrected chi connectivity index (χ4v) is 3.96. The molecule has 1 atom stereocenters. The minimum atomic E-state index is 0.290. The van der Waals surface area contributed by atoms with Crippen molar-refractivity contribution in [1.29, 1.82) is 0 Å². The van der Waals surface area contributed by atoms with Gasteiger partial charge < -0.3 is 4.90 Å². The molecule has 0 amide bonds. The van der Waals surface area contributed by atoms with Crippen LogP contribution in [0.25, 0.3) is 0 Å². The van der Waals surface area contributed by atoms with Crippen LogP contribution < -0.4 is 0 Å². The van der Waals surface area contributed by atoms with Crippen LogP contribution in [0.15, 0.2) is 0 Å². The predicted octanol–water partition coefficient (Wildman–Crippen LogP) is 1.92. The number of Topliss-reactive ketones (excluding diaryl/α,β-unsaturated/α-hetero) is 1. The number of carbonyl (C=O) groups excluding carboxylic acids is 1. The van der Waals surface area contributed by atoms with Crippen molar-refractivity contribution in [1.82, 2.24) is 9.80 Å². The number of ketones is 1. The monoisotopic (exact) mass is 250 g/mol. The van der Waals surface area contributed by atoms with Crippen molar-refractivity contribution in [3.63, 3.8) is 0 Å². The van der Waals surface area contributed by atoms with Gasteiger partial charge in [0, 0.05) is 13.0 Å². The Hall–Kier alpha value is -0.410. The van der Waals surface area contributed by atoms with Crippen molar-refractivity contribution in [2.24, 2.45) is 5.92 Å². The molecule has 102 valence electrons. The van der Waals surface area contributed by atoms with Gasteiger partial charge >= 0.3 is 0 Å². The van der Waals surface area contributed by atoms with Gasteiger partial charge in [-0.2, -0.15) is 0 Å². The molecule has 3 heteroatoms. The Bertz CT molecular complexity index is 291. The number of nitrogens with zero attached hydrogens (tertiary/aromatic N) is 2. The van der Waals surface area contributed by atoms with E-state index in [1.165, 1.54) is 45.3 Å². The summed E-state index contributed by atoms with van der Waals surface area (Å²) in [5.74, 6) is 1.39. The highest BCUT2D eigenvalue weighted by atomic mass is 16.1. The van der Waals surface area contributed by atoms with Gasteiger partial charge in [-0.05, 0) is 70.6 Å². The second-order valence-corrected chi connectivity index (χ2v) is 6.36. The fourth-order valence-electron chi connectivity index (χ4n) is 3.96. The van der Waals surface area contributed by atoms with Gasteiger partial charge in [-0.25, -0.2) is 0 Å². The van der Waals surface area contributed by atoms with Crippen molar-refractivity contribution in [2.45, 2.75) is 51.0 Å². The van der Waals surface area contributed by atoms with E-state index in [4.69, 9.17) is 0 Å². The summed E-state index contributed by atoms with van der Waals surface area (Å²) in [5.41, 5.74) is 0. The minimum absolute atomic E-state index is 0.290. The molecule has 0 N–H and O–H groups in total. The smallest absolute Gasteiger partial charge is 0.149 e. The van der Waals surface area contributed by atoms with Crippen LogP contribution in [-0.2, 0) is 4.79 Å². The van der Waals surface area contributed by atoms with Gasteiger partial charge in [0.25, 0.3) is 0 Å². The number of carbonyl (C=O) groups is 1. The Morgan fingerprint density at radius 3 is 2.28 bits per heavy atom. The first-order valence-electron chi connectivity index (χ1n) is 7.82. The first kappa shape index (κ1) is 12.6. The molecule has 1 aliphatic carbocycles. The van der Waals surface area contributed by atoms with E-state index in [1.807, 2.05) is 0 Å². The standard InChI is InChI=1S/C15H26N2O/c18-15-5-3-4-14(15)17-10-6-13(7-11-17)12-16-8-1-2-9-16/h13-14H,1-12H2. The first-order chi connectivity index (χ1) is 8.83. The number of likely N-dealkylation sites (tertiary alicyclic amines) is 2. The second-order valence-electron chi connectivity index (χ2n) is 6.36. The highest BCUT2D eigenvalue weighted by molar-refractivity contribution is 5.85. The third-order valence-electron chi connectivity index (χ3n) is 5.08. The van der Waals surface area contributed by atoms with E-state index in [0.29, 0.717) is 5.78 Å². The molecule has 3 fully saturated rings. The van der Waals surface area contributed by atoms with E-state index in [0.717, 1.165) is 38.3 Å². The van der Waals surface area contributed by atoms with Crippen molar-refractivity contribution >= 4 is 5.78 Å². The molecule has 3 rings (SSSR count). The Labute approximate surface area is 111 Å². The van der Waals surface area contributed by atoms with Crippen LogP contribution in [0.5, 0.6) is 0 Å². The van der Waals surface area contributed by atoms with Crippen LogP contribution in [-0.4, -0.2) is 54.3 Å². The molecule has 2 saturated heterocycles. The van der Waals surface area contributed by atoms with Crippen LogP contribution >= 0.6 is 0 Å². The van der Waals surface area contributed by atoms with E-state index in [-0.39, 0.29) is 6.04 Å². The van der Waals surface area contributed by atoms with E-state index < -0.39 is 0 Å². The lowest BCUT2D eigenvalue weighted by molar-refractivity contribution is -0.122. The highest BCUT2D eigenvalue weighted by Gasteiger charge is 2.32. The summed E-state index contributed by atoms with van der Waals surface area (Å²) in [7, 11) is 0. The summed E-state index contributed by atoms with van der Waals surface area (Å²) < 4.78 is 0. The Balaban J connectivity index is 1.44. The lowest BCUT2D eigenvalue weighted by Gasteiger charge is -2.36. The summed E-state index contributed by atoms with van der Waals surface area (Å²) in [6, 6.07) is 0.290. The fraction of sp³-hybridized carbons (Fsp3) is 0.933. The topological polar surface area (TPSA) is 23.6 Å². The molecule has 0 spiro atoms. The summed E-state index contributed by atoms with van der Waals surface area (Å²) in [6.07, 6.45) is 8.48. The molecule has 2 heterocycles. The summed E-state index contributed by atoms with van der Waals surface area (Å²) in [6.45, 7) is 6.28. The second kappa shape index (κ2) is 5.70. The van der Waals surface area contributed by atoms with Crippen LogP contribution in [0.1, 0.15) is 44.9 Å². The molecule has 18 heavy (non-hydrogen) atoms. The van der Waals surface area contributed by atoms with Crippen LogP contribution in [0, 0.1) is 5.92 Å². The zero-order chi connectivity index (χ0) is 12.4. The molecule has 3 aliphatic rings. The van der Waals surface area contributed by atoms with Crippen molar-refractivity contribution in [3.05, 3.63) is 0 Å². The average molecular weight is 250 g/mol. The quantitative estimate of drug-likeness (QED) is 0.764. The predicted molar refractivity (Wildman–Crippen MR) is 72.6 cm³/mol. The van der Waals surface area contributed by atoms with E-state index in [2.05, 4.69) is 9.80 Å². The summed E-state index contributed by atoms with van der Waals surface area (Å²) >= 11 is 0. The molecule has 3 nitrogen and oxygen atoms in total. The first-order valence-corrected chi connectivity index (χ1v) is 7.82. The zero-order valence-corrected chi connectivity index (χ0v) is 11.4. The van der Waals surface area contributed by atoms with Gasteiger partial charge in [0.2, 0.25) is 0 Å². The number of piperidine rings is 1. The maximum Gasteiger partial charge on any atom is 0.149 e. The van der Waals surface area contributed by atoms with Gasteiger partial charge in [0.1, 0.15) is 5.78 Å². The van der Waals surface area contributed by atoms with Gasteiger partial charge in [0.15, 0.2) is 0 Å². The number of hydrogen-bond acceptors (Lipinski definition) is 3. The molecule has 2 aliphatic heterocycles. The van der Waals surface area contributed by atoms with Crippen LogP contribution in [0.3, 0.4) is 0 Å². The molecular weight excluding hydrogens is 224 g/mol. The van der Waals surface area contributed by atoms with Crippen molar-refractivity contribution in [2.75, 3.05) is 32.7 Å². The maximum absolute atomic E-state index is 11.8. The summed E-state index contributed by atoms with van der Waals surface area (Å²) in [5, 5.41) is 0. The van der Waals surface area contributed by atoms with Crippen LogP contribution in [0.2, 0.25) is 0 Å². The van der Waals surface area contributed by atoms with E-state index in [1.54, 1.807) is 0 Å². The average Bonchev–Trinajstić information content (AvgIpc) is 3.02. The SMILES string of the molecule is O=C1CCCC1N1CCC(CN2CCCC2)CC1. The van der Waals surface area contributed by atoms with E-state index >= 15 is 0 Å².